The Kier molecular flexibility index (Phi) is 7.76. The van der Waals surface area contributed by atoms with Crippen molar-refractivity contribution in [1.29, 1.82) is 0 Å². The summed E-state index contributed by atoms with van der Waals surface area (Å²) in [6, 6.07) is 18.4. The minimum Gasteiger partial charge on any atom is -0.465 e. The molecule has 1 aliphatic rings. The summed E-state index contributed by atoms with van der Waals surface area (Å²) in [4.78, 5) is 11.9. The Hall–Kier alpha value is -2.83. The third-order valence-corrected chi connectivity index (χ3v) is 8.43. The molecule has 1 fully saturated rings. The lowest BCUT2D eigenvalue weighted by atomic mass is 10.1. The molecule has 0 saturated carbocycles. The SMILES string of the molecule is COC(=O)c1cccc(COCC2CC(OS(C)(=O)=O)CN2S(=O)(=O)c2ccc3ccccc3c2)c1. The summed E-state index contributed by atoms with van der Waals surface area (Å²) < 4.78 is 67.6. The maximum atomic E-state index is 13.6. The van der Waals surface area contributed by atoms with Crippen molar-refractivity contribution in [2.75, 3.05) is 26.5 Å². The normalized spacial score (nSPS) is 18.9. The van der Waals surface area contributed by atoms with E-state index in [4.69, 9.17) is 13.7 Å². The average molecular weight is 534 g/mol. The molecule has 3 aromatic rings. The molecular formula is C25H27NO8S2. The van der Waals surface area contributed by atoms with Gasteiger partial charge in [0.25, 0.3) is 10.1 Å². The zero-order valence-electron chi connectivity index (χ0n) is 19.9. The van der Waals surface area contributed by atoms with Gasteiger partial charge < -0.3 is 9.47 Å². The number of ether oxygens (including phenoxy) is 2. The van der Waals surface area contributed by atoms with Crippen LogP contribution in [-0.4, -0.2) is 65.8 Å². The van der Waals surface area contributed by atoms with E-state index in [0.717, 1.165) is 17.0 Å². The van der Waals surface area contributed by atoms with Crippen LogP contribution in [0, 0.1) is 0 Å². The average Bonchev–Trinajstić information content (AvgIpc) is 3.25. The van der Waals surface area contributed by atoms with Crippen molar-refractivity contribution in [1.82, 2.24) is 4.31 Å². The zero-order valence-corrected chi connectivity index (χ0v) is 21.5. The Morgan fingerprint density at radius 2 is 1.72 bits per heavy atom. The van der Waals surface area contributed by atoms with Gasteiger partial charge in [0.2, 0.25) is 10.0 Å². The van der Waals surface area contributed by atoms with Gasteiger partial charge in [0.1, 0.15) is 0 Å². The van der Waals surface area contributed by atoms with E-state index in [2.05, 4.69) is 0 Å². The van der Waals surface area contributed by atoms with Gasteiger partial charge in [0.15, 0.2) is 0 Å². The van der Waals surface area contributed by atoms with E-state index in [-0.39, 0.29) is 31.1 Å². The Labute approximate surface area is 210 Å². The molecule has 192 valence electrons. The number of carbonyl (C=O) groups excluding carboxylic acids is 1. The van der Waals surface area contributed by atoms with Crippen LogP contribution in [0.1, 0.15) is 22.3 Å². The molecule has 9 nitrogen and oxygen atoms in total. The second-order valence-corrected chi connectivity index (χ2v) is 12.1. The number of benzene rings is 3. The number of fused-ring (bicyclic) bond motifs is 1. The van der Waals surface area contributed by atoms with Crippen LogP contribution in [0.4, 0.5) is 0 Å². The minimum atomic E-state index is -3.97. The highest BCUT2D eigenvalue weighted by Gasteiger charge is 2.42. The van der Waals surface area contributed by atoms with Gasteiger partial charge in [-0.3, -0.25) is 4.18 Å². The second kappa shape index (κ2) is 10.7. The van der Waals surface area contributed by atoms with Crippen molar-refractivity contribution in [2.45, 2.75) is 30.1 Å². The predicted molar refractivity (Wildman–Crippen MR) is 133 cm³/mol. The molecule has 2 atom stereocenters. The molecule has 0 radical (unpaired) electrons. The summed E-state index contributed by atoms with van der Waals surface area (Å²) in [5.74, 6) is -0.471. The first kappa shape index (κ1) is 26.2. The lowest BCUT2D eigenvalue weighted by Gasteiger charge is -2.24. The van der Waals surface area contributed by atoms with Crippen molar-refractivity contribution in [3.05, 3.63) is 77.9 Å². The van der Waals surface area contributed by atoms with E-state index < -0.39 is 38.3 Å². The van der Waals surface area contributed by atoms with E-state index in [0.29, 0.717) is 11.1 Å². The quantitative estimate of drug-likeness (QED) is 0.305. The third-order valence-electron chi connectivity index (χ3n) is 5.89. The Bertz CT molecular complexity index is 1470. The summed E-state index contributed by atoms with van der Waals surface area (Å²) in [7, 11) is -6.45. The van der Waals surface area contributed by atoms with Crippen LogP contribution in [0.3, 0.4) is 0 Å². The van der Waals surface area contributed by atoms with Crippen molar-refractivity contribution in [3.8, 4) is 0 Å². The topological polar surface area (TPSA) is 116 Å². The molecule has 0 amide bonds. The fourth-order valence-corrected chi connectivity index (χ4v) is 6.61. The monoisotopic (exact) mass is 533 g/mol. The van der Waals surface area contributed by atoms with Gasteiger partial charge in [-0.2, -0.15) is 12.7 Å². The number of nitrogens with zero attached hydrogens (tertiary/aromatic N) is 1. The minimum absolute atomic E-state index is 0.0128. The first-order valence-electron chi connectivity index (χ1n) is 11.2. The van der Waals surface area contributed by atoms with E-state index in [1.54, 1.807) is 42.5 Å². The molecular weight excluding hydrogens is 506 g/mol. The number of carbonyl (C=O) groups is 1. The maximum Gasteiger partial charge on any atom is 0.337 e. The van der Waals surface area contributed by atoms with E-state index in [1.165, 1.54) is 11.4 Å². The van der Waals surface area contributed by atoms with E-state index in [1.807, 2.05) is 24.3 Å². The molecule has 1 heterocycles. The van der Waals surface area contributed by atoms with Crippen LogP contribution in [-0.2, 0) is 40.4 Å². The molecule has 0 spiro atoms. The standard InChI is InChI=1S/C25H27NO8S2/c1-32-25(27)21-9-5-6-18(12-21)16-33-17-22-14-23(34-35(2,28)29)15-26(22)36(30,31)24-11-10-19-7-3-4-8-20(19)13-24/h3-13,22-23H,14-17H2,1-2H3. The fraction of sp³-hybridized carbons (Fsp3) is 0.320. The number of hydrogen-bond donors (Lipinski definition) is 0. The molecule has 1 saturated heterocycles. The zero-order chi connectivity index (χ0) is 25.9. The van der Waals surface area contributed by atoms with Crippen LogP contribution in [0.15, 0.2) is 71.6 Å². The van der Waals surface area contributed by atoms with Gasteiger partial charge in [-0.05, 0) is 47.0 Å². The second-order valence-electron chi connectivity index (χ2n) is 8.60. The molecule has 36 heavy (non-hydrogen) atoms. The molecule has 0 aromatic heterocycles. The third kappa shape index (κ3) is 6.11. The summed E-state index contributed by atoms with van der Waals surface area (Å²) in [6.45, 7) is 0.0236. The highest BCUT2D eigenvalue weighted by Crippen LogP contribution is 2.30. The lowest BCUT2D eigenvalue weighted by molar-refractivity contribution is 0.0599. The van der Waals surface area contributed by atoms with Gasteiger partial charge in [-0.1, -0.05) is 42.5 Å². The van der Waals surface area contributed by atoms with Crippen molar-refractivity contribution < 1.29 is 35.3 Å². The van der Waals surface area contributed by atoms with Crippen LogP contribution < -0.4 is 0 Å². The Morgan fingerprint density at radius 1 is 0.972 bits per heavy atom. The van der Waals surface area contributed by atoms with E-state index in [9.17, 15) is 21.6 Å². The fourth-order valence-electron chi connectivity index (χ4n) is 4.29. The number of sulfonamides is 1. The molecule has 2 unspecified atom stereocenters. The Balaban J connectivity index is 1.54. The van der Waals surface area contributed by atoms with E-state index >= 15 is 0 Å². The largest absolute Gasteiger partial charge is 0.465 e. The smallest absolute Gasteiger partial charge is 0.337 e. The highest BCUT2D eigenvalue weighted by molar-refractivity contribution is 7.89. The molecule has 1 aliphatic heterocycles. The first-order chi connectivity index (χ1) is 17.1. The van der Waals surface area contributed by atoms with Gasteiger partial charge in [0, 0.05) is 6.54 Å². The summed E-state index contributed by atoms with van der Waals surface area (Å²) in [5, 5.41) is 1.69. The molecule has 11 heteroatoms. The molecule has 0 aliphatic carbocycles. The van der Waals surface area contributed by atoms with Gasteiger partial charge in [-0.25, -0.2) is 13.2 Å². The Morgan fingerprint density at radius 3 is 2.44 bits per heavy atom. The number of methoxy groups -OCH3 is 1. The number of rotatable bonds is 9. The molecule has 0 bridgehead atoms. The first-order valence-corrected chi connectivity index (χ1v) is 14.5. The number of hydrogen-bond acceptors (Lipinski definition) is 8. The highest BCUT2D eigenvalue weighted by atomic mass is 32.2. The molecule has 3 aromatic carbocycles. The van der Waals surface area contributed by atoms with Crippen molar-refractivity contribution >= 4 is 36.9 Å². The molecule has 0 N–H and O–H groups in total. The van der Waals surface area contributed by atoms with Crippen LogP contribution in [0.2, 0.25) is 0 Å². The van der Waals surface area contributed by atoms with Gasteiger partial charge in [-0.15, -0.1) is 0 Å². The van der Waals surface area contributed by atoms with Crippen LogP contribution >= 0.6 is 0 Å². The van der Waals surface area contributed by atoms with Gasteiger partial charge >= 0.3 is 5.97 Å². The number of esters is 1. The van der Waals surface area contributed by atoms with Crippen molar-refractivity contribution in [3.63, 3.8) is 0 Å². The summed E-state index contributed by atoms with van der Waals surface area (Å²) >= 11 is 0. The van der Waals surface area contributed by atoms with Crippen molar-refractivity contribution in [2.24, 2.45) is 0 Å². The molecule has 4 rings (SSSR count). The lowest BCUT2D eigenvalue weighted by Crippen LogP contribution is -2.38. The summed E-state index contributed by atoms with van der Waals surface area (Å²) in [6.07, 6.45) is 0.265. The predicted octanol–water partition coefficient (Wildman–Crippen LogP) is 2.95. The van der Waals surface area contributed by atoms with Crippen LogP contribution in [0.25, 0.3) is 10.8 Å². The van der Waals surface area contributed by atoms with Gasteiger partial charge in [0.05, 0.1) is 49.2 Å². The maximum absolute atomic E-state index is 13.6. The summed E-state index contributed by atoms with van der Waals surface area (Å²) in [5.41, 5.74) is 1.09. The van der Waals surface area contributed by atoms with Crippen LogP contribution in [0.5, 0.6) is 0 Å².